The highest BCUT2D eigenvalue weighted by atomic mass is 16.2. The molecule has 1 amide bonds. The zero-order valence-electron chi connectivity index (χ0n) is 9.85. The zero-order valence-corrected chi connectivity index (χ0v) is 9.85. The Morgan fingerprint density at radius 3 is 2.44 bits per heavy atom. The second-order valence-electron chi connectivity index (χ2n) is 3.92. The number of carbonyl (C=O) groups is 1. The number of hydrogen-bond donors (Lipinski definition) is 1. The molecule has 0 aliphatic carbocycles. The van der Waals surface area contributed by atoms with E-state index in [9.17, 15) is 4.79 Å². The van der Waals surface area contributed by atoms with Crippen molar-refractivity contribution in [2.45, 2.75) is 51.9 Å². The third kappa shape index (κ3) is 5.48. The first-order valence-electron chi connectivity index (χ1n) is 5.97. The lowest BCUT2D eigenvalue weighted by molar-refractivity contribution is -0.117. The highest BCUT2D eigenvalue weighted by Gasteiger charge is 2.01. The van der Waals surface area contributed by atoms with Crippen molar-refractivity contribution in [3.63, 3.8) is 0 Å². The molecule has 0 saturated carbocycles. The van der Waals surface area contributed by atoms with Crippen molar-refractivity contribution in [3.05, 3.63) is 12.7 Å². The molecule has 90 valence electrons. The van der Waals surface area contributed by atoms with Crippen molar-refractivity contribution in [1.82, 2.24) is 14.9 Å². The fraction of sp³-hybridized carbons (Fsp3) is 0.727. The van der Waals surface area contributed by atoms with Crippen LogP contribution in [-0.2, 0) is 4.79 Å². The van der Waals surface area contributed by atoms with Gasteiger partial charge in [-0.1, -0.05) is 39.0 Å². The number of aromatic nitrogens is 3. The van der Waals surface area contributed by atoms with Gasteiger partial charge in [0.25, 0.3) is 0 Å². The summed E-state index contributed by atoms with van der Waals surface area (Å²) in [7, 11) is 0. The van der Waals surface area contributed by atoms with Crippen molar-refractivity contribution in [1.29, 1.82) is 0 Å². The maximum atomic E-state index is 11.4. The lowest BCUT2D eigenvalue weighted by Gasteiger charge is -2.04. The van der Waals surface area contributed by atoms with Crippen molar-refractivity contribution in [2.24, 2.45) is 0 Å². The Bertz CT molecular complexity index is 284. The molecular formula is C11H20N4O. The average Bonchev–Trinajstić information content (AvgIpc) is 2.76. The van der Waals surface area contributed by atoms with Gasteiger partial charge in [-0.05, 0) is 6.42 Å². The summed E-state index contributed by atoms with van der Waals surface area (Å²) < 4.78 is 1.47. The van der Waals surface area contributed by atoms with Crippen molar-refractivity contribution in [3.8, 4) is 0 Å². The molecule has 5 nitrogen and oxygen atoms in total. The summed E-state index contributed by atoms with van der Waals surface area (Å²) in [5.41, 5.74) is 2.68. The van der Waals surface area contributed by atoms with Crippen LogP contribution < -0.4 is 5.43 Å². The van der Waals surface area contributed by atoms with Gasteiger partial charge in [0, 0.05) is 6.42 Å². The van der Waals surface area contributed by atoms with E-state index in [0.717, 1.165) is 12.8 Å². The number of unbranched alkanes of at least 4 members (excludes halogenated alkanes) is 5. The zero-order chi connectivity index (χ0) is 11.6. The summed E-state index contributed by atoms with van der Waals surface area (Å²) in [6, 6.07) is 0. The van der Waals surface area contributed by atoms with Crippen LogP contribution >= 0.6 is 0 Å². The van der Waals surface area contributed by atoms with Gasteiger partial charge in [0.1, 0.15) is 12.7 Å². The van der Waals surface area contributed by atoms with E-state index in [-0.39, 0.29) is 5.91 Å². The number of rotatable bonds is 8. The minimum Gasteiger partial charge on any atom is -0.273 e. The molecule has 1 aromatic heterocycles. The Hall–Kier alpha value is -1.39. The number of carbonyl (C=O) groups excluding carboxylic acids is 1. The summed E-state index contributed by atoms with van der Waals surface area (Å²) in [4.78, 5) is 11.4. The Balaban J connectivity index is 1.98. The molecule has 0 aromatic carbocycles. The van der Waals surface area contributed by atoms with Gasteiger partial charge in [-0.3, -0.25) is 10.2 Å². The summed E-state index contributed by atoms with van der Waals surface area (Å²) in [5.74, 6) is 0.0234. The second-order valence-corrected chi connectivity index (χ2v) is 3.92. The topological polar surface area (TPSA) is 59.8 Å². The highest BCUT2D eigenvalue weighted by Crippen LogP contribution is 2.06. The SMILES string of the molecule is CCCCCCCCC(=O)Nn1cnnc1. The largest absolute Gasteiger partial charge is 0.273 e. The molecule has 0 atom stereocenters. The molecule has 5 heteroatoms. The lowest BCUT2D eigenvalue weighted by Crippen LogP contribution is -2.20. The van der Waals surface area contributed by atoms with Crippen molar-refractivity contribution < 1.29 is 4.79 Å². The fourth-order valence-electron chi connectivity index (χ4n) is 1.52. The van der Waals surface area contributed by atoms with Crippen molar-refractivity contribution >= 4 is 5.91 Å². The quantitative estimate of drug-likeness (QED) is 0.688. The van der Waals surface area contributed by atoms with Crippen LogP contribution in [0.5, 0.6) is 0 Å². The maximum absolute atomic E-state index is 11.4. The molecule has 1 heterocycles. The number of nitrogens with zero attached hydrogens (tertiary/aromatic N) is 3. The molecule has 1 aromatic rings. The fourth-order valence-corrected chi connectivity index (χ4v) is 1.52. The first-order valence-corrected chi connectivity index (χ1v) is 5.97. The predicted molar refractivity (Wildman–Crippen MR) is 62.4 cm³/mol. The smallest absolute Gasteiger partial charge is 0.238 e. The summed E-state index contributed by atoms with van der Waals surface area (Å²) in [6.07, 6.45) is 10.7. The molecule has 0 saturated heterocycles. The normalized spacial score (nSPS) is 10.3. The molecule has 0 spiro atoms. The molecule has 0 aliphatic rings. The molecular weight excluding hydrogens is 204 g/mol. The summed E-state index contributed by atoms with van der Waals surface area (Å²) in [5, 5.41) is 7.21. The van der Waals surface area contributed by atoms with Crippen LogP contribution in [0.4, 0.5) is 0 Å². The third-order valence-electron chi connectivity index (χ3n) is 2.43. The predicted octanol–water partition coefficient (Wildman–Crippen LogP) is 2.10. The van der Waals surface area contributed by atoms with Crippen LogP contribution in [0.1, 0.15) is 51.9 Å². The molecule has 1 rings (SSSR count). The minimum absolute atomic E-state index is 0.0234. The van der Waals surface area contributed by atoms with Gasteiger partial charge in [0.15, 0.2) is 0 Å². The molecule has 0 radical (unpaired) electrons. The molecule has 1 N–H and O–H groups in total. The number of nitrogens with one attached hydrogen (secondary N) is 1. The van der Waals surface area contributed by atoms with E-state index in [2.05, 4.69) is 22.5 Å². The van der Waals surface area contributed by atoms with Gasteiger partial charge in [-0.25, -0.2) is 4.68 Å². The standard InChI is InChI=1S/C11H20N4O/c1-2-3-4-5-6-7-8-11(16)14-15-9-12-13-10-15/h9-10H,2-8H2,1H3,(H,14,16). The highest BCUT2D eigenvalue weighted by molar-refractivity contribution is 5.83. The van der Waals surface area contributed by atoms with E-state index < -0.39 is 0 Å². The van der Waals surface area contributed by atoms with Gasteiger partial charge in [-0.15, -0.1) is 10.2 Å². The van der Waals surface area contributed by atoms with Gasteiger partial charge in [0.05, 0.1) is 0 Å². The number of amides is 1. The maximum Gasteiger partial charge on any atom is 0.238 e. The molecule has 0 aliphatic heterocycles. The van der Waals surface area contributed by atoms with E-state index in [4.69, 9.17) is 0 Å². The van der Waals surface area contributed by atoms with E-state index in [0.29, 0.717) is 6.42 Å². The summed E-state index contributed by atoms with van der Waals surface area (Å²) in [6.45, 7) is 2.20. The van der Waals surface area contributed by atoms with Crippen molar-refractivity contribution in [2.75, 3.05) is 5.43 Å². The van der Waals surface area contributed by atoms with Gasteiger partial charge in [-0.2, -0.15) is 0 Å². The molecule has 0 bridgehead atoms. The Morgan fingerprint density at radius 2 is 1.75 bits per heavy atom. The number of hydrogen-bond acceptors (Lipinski definition) is 3. The molecule has 0 unspecified atom stereocenters. The van der Waals surface area contributed by atoms with Crippen LogP contribution in [0, 0.1) is 0 Å². The van der Waals surface area contributed by atoms with Crippen LogP contribution in [0.15, 0.2) is 12.7 Å². The Labute approximate surface area is 96.2 Å². The third-order valence-corrected chi connectivity index (χ3v) is 2.43. The van der Waals surface area contributed by atoms with E-state index in [1.807, 2.05) is 0 Å². The lowest BCUT2D eigenvalue weighted by atomic mass is 10.1. The van der Waals surface area contributed by atoms with Gasteiger partial charge in [0.2, 0.25) is 5.91 Å². The second kappa shape index (κ2) is 7.84. The van der Waals surface area contributed by atoms with Gasteiger partial charge < -0.3 is 0 Å². The minimum atomic E-state index is 0.0234. The first kappa shape index (κ1) is 12.7. The summed E-state index contributed by atoms with van der Waals surface area (Å²) >= 11 is 0. The first-order chi connectivity index (χ1) is 7.83. The molecule has 16 heavy (non-hydrogen) atoms. The van der Waals surface area contributed by atoms with E-state index >= 15 is 0 Å². The van der Waals surface area contributed by atoms with Gasteiger partial charge >= 0.3 is 0 Å². The van der Waals surface area contributed by atoms with E-state index in [1.54, 1.807) is 0 Å². The monoisotopic (exact) mass is 224 g/mol. The average molecular weight is 224 g/mol. The molecule has 0 fully saturated rings. The van der Waals surface area contributed by atoms with E-state index in [1.165, 1.54) is 43.0 Å². The van der Waals surface area contributed by atoms with Crippen LogP contribution in [-0.4, -0.2) is 20.8 Å². The van der Waals surface area contributed by atoms with Crippen LogP contribution in [0.2, 0.25) is 0 Å². The van der Waals surface area contributed by atoms with Crippen LogP contribution in [0.25, 0.3) is 0 Å². The Morgan fingerprint density at radius 1 is 1.12 bits per heavy atom. The van der Waals surface area contributed by atoms with Crippen LogP contribution in [0.3, 0.4) is 0 Å². The Kier molecular flexibility index (Phi) is 6.22.